The summed E-state index contributed by atoms with van der Waals surface area (Å²) in [6.45, 7) is 2.83. The Morgan fingerprint density at radius 1 is 1.13 bits per heavy atom. The van der Waals surface area contributed by atoms with Crippen LogP contribution in [0.4, 0.5) is 4.39 Å². The van der Waals surface area contributed by atoms with Crippen LogP contribution < -0.4 is 0 Å². The summed E-state index contributed by atoms with van der Waals surface area (Å²) in [4.78, 5) is 0.344. The molecule has 1 heterocycles. The molecule has 0 amide bonds. The Balaban J connectivity index is 1.56. The Bertz CT molecular complexity index is 784. The highest BCUT2D eigenvalue weighted by Gasteiger charge is 2.37. The first kappa shape index (κ1) is 16.1. The van der Waals surface area contributed by atoms with Crippen molar-refractivity contribution in [3.63, 3.8) is 0 Å². The van der Waals surface area contributed by atoms with Crippen molar-refractivity contribution in [2.75, 3.05) is 13.1 Å². The number of sulfonamides is 1. The number of benzene rings is 2. The van der Waals surface area contributed by atoms with E-state index in [9.17, 15) is 12.8 Å². The summed E-state index contributed by atoms with van der Waals surface area (Å²) in [7, 11) is -3.45. The van der Waals surface area contributed by atoms with Gasteiger partial charge in [-0.3, -0.25) is 0 Å². The SMILES string of the molecule is Cc1ccccc1S(=O)(=O)N1CC(OCc2ccc(F)cc2)C1. The molecule has 0 saturated carbocycles. The molecule has 0 radical (unpaired) electrons. The lowest BCUT2D eigenvalue weighted by Crippen LogP contribution is -2.54. The molecule has 0 spiro atoms. The van der Waals surface area contributed by atoms with Crippen LogP contribution >= 0.6 is 0 Å². The second kappa shape index (κ2) is 6.39. The number of nitrogens with zero attached hydrogens (tertiary/aromatic N) is 1. The number of halogens is 1. The quantitative estimate of drug-likeness (QED) is 0.844. The minimum atomic E-state index is -3.45. The van der Waals surface area contributed by atoms with Crippen molar-refractivity contribution in [1.29, 1.82) is 0 Å². The van der Waals surface area contributed by atoms with Gasteiger partial charge in [-0.1, -0.05) is 30.3 Å². The van der Waals surface area contributed by atoms with E-state index in [1.807, 2.05) is 6.07 Å². The highest BCUT2D eigenvalue weighted by Crippen LogP contribution is 2.25. The molecule has 0 N–H and O–H groups in total. The van der Waals surface area contributed by atoms with E-state index in [0.29, 0.717) is 24.6 Å². The van der Waals surface area contributed by atoms with Gasteiger partial charge in [-0.05, 0) is 36.2 Å². The van der Waals surface area contributed by atoms with E-state index in [1.165, 1.54) is 16.4 Å². The fourth-order valence-corrected chi connectivity index (χ4v) is 4.21. The van der Waals surface area contributed by atoms with Crippen molar-refractivity contribution in [2.45, 2.75) is 24.5 Å². The maximum absolute atomic E-state index is 12.8. The van der Waals surface area contributed by atoms with Crippen molar-refractivity contribution in [3.8, 4) is 0 Å². The molecule has 1 fully saturated rings. The molecule has 122 valence electrons. The summed E-state index contributed by atoms with van der Waals surface area (Å²) in [5.41, 5.74) is 1.61. The van der Waals surface area contributed by atoms with Crippen molar-refractivity contribution in [1.82, 2.24) is 4.31 Å². The molecular formula is C17H18FNO3S. The topological polar surface area (TPSA) is 46.6 Å². The van der Waals surface area contributed by atoms with E-state index in [1.54, 1.807) is 37.3 Å². The lowest BCUT2D eigenvalue weighted by atomic mass is 10.2. The zero-order chi connectivity index (χ0) is 16.4. The summed E-state index contributed by atoms with van der Waals surface area (Å²) < 4.78 is 45.0. The first-order valence-electron chi connectivity index (χ1n) is 7.38. The molecule has 0 atom stereocenters. The standard InChI is InChI=1S/C17H18FNO3S/c1-13-4-2-3-5-17(13)23(20,21)19-10-16(11-19)22-12-14-6-8-15(18)9-7-14/h2-9,16H,10-12H2,1H3. The van der Waals surface area contributed by atoms with Crippen LogP contribution in [-0.2, 0) is 21.4 Å². The van der Waals surface area contributed by atoms with Gasteiger partial charge in [0.25, 0.3) is 0 Å². The van der Waals surface area contributed by atoms with Gasteiger partial charge in [-0.15, -0.1) is 0 Å². The first-order valence-corrected chi connectivity index (χ1v) is 8.82. The Hall–Kier alpha value is -1.76. The molecule has 3 rings (SSSR count). The summed E-state index contributed by atoms with van der Waals surface area (Å²) in [6, 6.07) is 13.0. The van der Waals surface area contributed by atoms with Crippen LogP contribution in [0.3, 0.4) is 0 Å². The molecule has 0 unspecified atom stereocenters. The normalized spacial score (nSPS) is 16.3. The monoisotopic (exact) mass is 335 g/mol. The van der Waals surface area contributed by atoms with Crippen LogP contribution in [-0.4, -0.2) is 31.9 Å². The van der Waals surface area contributed by atoms with Gasteiger partial charge in [0.2, 0.25) is 10.0 Å². The van der Waals surface area contributed by atoms with Crippen molar-refractivity contribution in [3.05, 3.63) is 65.5 Å². The van der Waals surface area contributed by atoms with Gasteiger partial charge in [-0.25, -0.2) is 12.8 Å². The molecule has 2 aromatic rings. The predicted molar refractivity (Wildman–Crippen MR) is 84.9 cm³/mol. The molecule has 4 nitrogen and oxygen atoms in total. The Labute approximate surface area is 135 Å². The highest BCUT2D eigenvalue weighted by atomic mass is 32.2. The fourth-order valence-electron chi connectivity index (χ4n) is 2.48. The van der Waals surface area contributed by atoms with E-state index in [4.69, 9.17) is 4.74 Å². The zero-order valence-corrected chi connectivity index (χ0v) is 13.6. The molecule has 0 aromatic heterocycles. The maximum atomic E-state index is 12.8. The average Bonchev–Trinajstić information content (AvgIpc) is 2.47. The van der Waals surface area contributed by atoms with E-state index in [2.05, 4.69) is 0 Å². The smallest absolute Gasteiger partial charge is 0.243 e. The first-order chi connectivity index (χ1) is 11.0. The average molecular weight is 335 g/mol. The van der Waals surface area contributed by atoms with Crippen LogP contribution in [0.25, 0.3) is 0 Å². The van der Waals surface area contributed by atoms with Gasteiger partial charge in [-0.2, -0.15) is 4.31 Å². The highest BCUT2D eigenvalue weighted by molar-refractivity contribution is 7.89. The van der Waals surface area contributed by atoms with Gasteiger partial charge in [0.1, 0.15) is 5.82 Å². The van der Waals surface area contributed by atoms with Gasteiger partial charge in [0, 0.05) is 13.1 Å². The molecule has 1 aliphatic heterocycles. The van der Waals surface area contributed by atoms with Gasteiger partial charge < -0.3 is 4.74 Å². The van der Waals surface area contributed by atoms with Crippen LogP contribution in [0.5, 0.6) is 0 Å². The lowest BCUT2D eigenvalue weighted by molar-refractivity contribution is -0.0296. The number of rotatable bonds is 5. The molecule has 0 aliphatic carbocycles. The number of aryl methyl sites for hydroxylation is 1. The molecule has 6 heteroatoms. The van der Waals surface area contributed by atoms with Crippen molar-refractivity contribution < 1.29 is 17.5 Å². The third kappa shape index (κ3) is 3.44. The van der Waals surface area contributed by atoms with E-state index in [0.717, 1.165) is 11.1 Å². The van der Waals surface area contributed by atoms with Gasteiger partial charge >= 0.3 is 0 Å². The summed E-state index contributed by atoms with van der Waals surface area (Å²) in [5.74, 6) is -0.284. The molecule has 23 heavy (non-hydrogen) atoms. The summed E-state index contributed by atoms with van der Waals surface area (Å²) in [6.07, 6.45) is -0.126. The van der Waals surface area contributed by atoms with Crippen LogP contribution in [0.2, 0.25) is 0 Å². The lowest BCUT2D eigenvalue weighted by Gasteiger charge is -2.38. The molecule has 1 saturated heterocycles. The summed E-state index contributed by atoms with van der Waals surface area (Å²) >= 11 is 0. The molecule has 0 bridgehead atoms. The third-order valence-electron chi connectivity index (χ3n) is 3.92. The van der Waals surface area contributed by atoms with Crippen LogP contribution in [0.15, 0.2) is 53.4 Å². The largest absolute Gasteiger partial charge is 0.371 e. The van der Waals surface area contributed by atoms with Crippen molar-refractivity contribution >= 4 is 10.0 Å². The molecule has 2 aromatic carbocycles. The Morgan fingerprint density at radius 3 is 2.43 bits per heavy atom. The predicted octanol–water partition coefficient (Wildman–Crippen LogP) is 2.72. The van der Waals surface area contributed by atoms with E-state index < -0.39 is 10.0 Å². The summed E-state index contributed by atoms with van der Waals surface area (Å²) in [5, 5.41) is 0. The minimum Gasteiger partial charge on any atom is -0.371 e. The third-order valence-corrected chi connectivity index (χ3v) is 5.92. The maximum Gasteiger partial charge on any atom is 0.243 e. The Morgan fingerprint density at radius 2 is 1.78 bits per heavy atom. The molecule has 1 aliphatic rings. The fraction of sp³-hybridized carbons (Fsp3) is 0.294. The van der Waals surface area contributed by atoms with E-state index in [-0.39, 0.29) is 11.9 Å². The van der Waals surface area contributed by atoms with Crippen molar-refractivity contribution in [2.24, 2.45) is 0 Å². The zero-order valence-electron chi connectivity index (χ0n) is 12.8. The number of ether oxygens (including phenoxy) is 1. The second-order valence-electron chi connectivity index (χ2n) is 5.65. The molecular weight excluding hydrogens is 317 g/mol. The van der Waals surface area contributed by atoms with Crippen LogP contribution in [0, 0.1) is 12.7 Å². The van der Waals surface area contributed by atoms with Gasteiger partial charge in [0.15, 0.2) is 0 Å². The number of hydrogen-bond donors (Lipinski definition) is 0. The van der Waals surface area contributed by atoms with Crippen LogP contribution in [0.1, 0.15) is 11.1 Å². The second-order valence-corrected chi connectivity index (χ2v) is 7.55. The van der Waals surface area contributed by atoms with E-state index >= 15 is 0 Å². The minimum absolute atomic E-state index is 0.126. The Kier molecular flexibility index (Phi) is 4.48. The van der Waals surface area contributed by atoms with Gasteiger partial charge in [0.05, 0.1) is 17.6 Å². The number of hydrogen-bond acceptors (Lipinski definition) is 3.